The maximum atomic E-state index is 12.7. The van der Waals surface area contributed by atoms with Crippen molar-refractivity contribution in [3.8, 4) is 0 Å². The first-order chi connectivity index (χ1) is 11.9. The van der Waals surface area contributed by atoms with E-state index >= 15 is 0 Å². The predicted octanol–water partition coefficient (Wildman–Crippen LogP) is 0.934. The molecule has 0 aromatic carbocycles. The van der Waals surface area contributed by atoms with E-state index in [2.05, 4.69) is 17.6 Å². The average molecular weight is 395 g/mol. The fourth-order valence-corrected chi connectivity index (χ4v) is 4.56. The first-order valence-electron chi connectivity index (χ1n) is 9.06. The summed E-state index contributed by atoms with van der Waals surface area (Å²) >= 11 is 7.67. The molecule has 0 saturated carbocycles. The minimum atomic E-state index is -0.930. The molecule has 4 N–H and O–H groups in total. The third kappa shape index (κ3) is 5.47. The van der Waals surface area contributed by atoms with Crippen LogP contribution in [0.2, 0.25) is 0 Å². The molecule has 0 radical (unpaired) electrons. The SMILES string of the molecule is CCC1CNCC(C(=O)NC(C(C)Cl)C2C[C@@H](O)C(O)[C@@H](SC)O2)C1. The van der Waals surface area contributed by atoms with Gasteiger partial charge in [-0.2, -0.15) is 0 Å². The Morgan fingerprint density at radius 1 is 1.40 bits per heavy atom. The number of ether oxygens (including phenoxy) is 1. The number of halogens is 1. The van der Waals surface area contributed by atoms with Crippen LogP contribution in [0.15, 0.2) is 0 Å². The summed E-state index contributed by atoms with van der Waals surface area (Å²) in [7, 11) is 0. The molecule has 0 bridgehead atoms. The molecular weight excluding hydrogens is 364 g/mol. The van der Waals surface area contributed by atoms with Crippen LogP contribution in [-0.4, -0.2) is 70.6 Å². The van der Waals surface area contributed by atoms with Gasteiger partial charge in [0, 0.05) is 13.0 Å². The highest BCUT2D eigenvalue weighted by molar-refractivity contribution is 7.99. The standard InChI is InChI=1S/C17H31ClN2O4S/c1-4-10-5-11(8-19-7-10)16(23)20-14(9(2)18)13-6-12(21)15(22)17(24-13)25-3/h9-15,17,19,21-22H,4-8H2,1-3H3,(H,20,23)/t9?,10?,11?,12-,13?,14?,15?,17-/m1/s1. The van der Waals surface area contributed by atoms with Gasteiger partial charge < -0.3 is 25.6 Å². The average Bonchev–Trinajstić information content (AvgIpc) is 2.61. The lowest BCUT2D eigenvalue weighted by atomic mass is 9.87. The zero-order chi connectivity index (χ0) is 18.6. The van der Waals surface area contributed by atoms with Crippen LogP contribution in [0.1, 0.15) is 33.1 Å². The highest BCUT2D eigenvalue weighted by Crippen LogP contribution is 2.30. The van der Waals surface area contributed by atoms with Crippen molar-refractivity contribution in [3.05, 3.63) is 0 Å². The van der Waals surface area contributed by atoms with E-state index in [9.17, 15) is 15.0 Å². The van der Waals surface area contributed by atoms with Gasteiger partial charge in [-0.15, -0.1) is 23.4 Å². The van der Waals surface area contributed by atoms with Crippen molar-refractivity contribution in [1.29, 1.82) is 0 Å². The summed E-state index contributed by atoms with van der Waals surface area (Å²) < 4.78 is 5.91. The molecule has 0 aromatic rings. The lowest BCUT2D eigenvalue weighted by molar-refractivity contribution is -0.148. The Kier molecular flexibility index (Phi) is 8.30. The molecule has 0 spiro atoms. The summed E-state index contributed by atoms with van der Waals surface area (Å²) in [5, 5.41) is 26.1. The number of alkyl halides is 1. The predicted molar refractivity (Wildman–Crippen MR) is 101 cm³/mol. The molecule has 6 nitrogen and oxygen atoms in total. The normalized spacial score (nSPS) is 38.8. The van der Waals surface area contributed by atoms with Crippen molar-refractivity contribution in [2.24, 2.45) is 11.8 Å². The molecule has 6 unspecified atom stereocenters. The molecule has 2 heterocycles. The van der Waals surface area contributed by atoms with Crippen molar-refractivity contribution in [1.82, 2.24) is 10.6 Å². The highest BCUT2D eigenvalue weighted by Gasteiger charge is 2.42. The van der Waals surface area contributed by atoms with Gasteiger partial charge >= 0.3 is 0 Å². The number of aliphatic hydroxyl groups is 2. The van der Waals surface area contributed by atoms with E-state index in [1.807, 2.05) is 13.2 Å². The number of hydrogen-bond donors (Lipinski definition) is 4. The van der Waals surface area contributed by atoms with Crippen molar-refractivity contribution < 1.29 is 19.7 Å². The number of carbonyl (C=O) groups is 1. The van der Waals surface area contributed by atoms with Crippen LogP contribution < -0.4 is 10.6 Å². The lowest BCUT2D eigenvalue weighted by Gasteiger charge is -2.41. The third-order valence-electron chi connectivity index (χ3n) is 5.28. The minimum Gasteiger partial charge on any atom is -0.390 e. The number of thioether (sulfide) groups is 1. The Balaban J connectivity index is 2.01. The molecule has 2 fully saturated rings. The van der Waals surface area contributed by atoms with E-state index < -0.39 is 29.8 Å². The first-order valence-corrected chi connectivity index (χ1v) is 10.8. The van der Waals surface area contributed by atoms with Gasteiger partial charge in [-0.3, -0.25) is 4.79 Å². The number of amides is 1. The number of carbonyl (C=O) groups excluding carboxylic acids is 1. The molecule has 2 aliphatic heterocycles. The second-order valence-corrected chi connectivity index (χ2v) is 8.77. The summed E-state index contributed by atoms with van der Waals surface area (Å²) in [6, 6.07) is -0.409. The van der Waals surface area contributed by atoms with Gasteiger partial charge in [0.1, 0.15) is 11.5 Å². The zero-order valence-electron chi connectivity index (χ0n) is 15.2. The molecule has 0 aliphatic carbocycles. The Bertz CT molecular complexity index is 443. The molecule has 2 aliphatic rings. The largest absolute Gasteiger partial charge is 0.390 e. The van der Waals surface area contributed by atoms with Gasteiger partial charge in [-0.25, -0.2) is 0 Å². The maximum Gasteiger partial charge on any atom is 0.224 e. The van der Waals surface area contributed by atoms with Crippen molar-refractivity contribution in [3.63, 3.8) is 0 Å². The molecule has 146 valence electrons. The summed E-state index contributed by atoms with van der Waals surface area (Å²) in [6.45, 7) is 5.59. The zero-order valence-corrected chi connectivity index (χ0v) is 16.7. The van der Waals surface area contributed by atoms with Crippen molar-refractivity contribution in [2.45, 2.75) is 68.3 Å². The van der Waals surface area contributed by atoms with Gasteiger partial charge in [0.25, 0.3) is 0 Å². The van der Waals surface area contributed by atoms with Crippen LogP contribution in [0, 0.1) is 11.8 Å². The van der Waals surface area contributed by atoms with Gasteiger partial charge in [0.2, 0.25) is 5.91 Å². The highest BCUT2D eigenvalue weighted by atomic mass is 35.5. The van der Waals surface area contributed by atoms with E-state index in [0.717, 1.165) is 19.4 Å². The second-order valence-electron chi connectivity index (χ2n) is 7.15. The summed E-state index contributed by atoms with van der Waals surface area (Å²) in [4.78, 5) is 12.7. The van der Waals surface area contributed by atoms with Gasteiger partial charge in [-0.05, 0) is 32.1 Å². The Labute approximate surface area is 159 Å². The van der Waals surface area contributed by atoms with Crippen LogP contribution >= 0.6 is 23.4 Å². The van der Waals surface area contributed by atoms with Crippen LogP contribution in [0.5, 0.6) is 0 Å². The summed E-state index contributed by atoms with van der Waals surface area (Å²) in [6.07, 6.45) is 1.76. The van der Waals surface area contributed by atoms with Crippen LogP contribution in [0.4, 0.5) is 0 Å². The lowest BCUT2D eigenvalue weighted by Crippen LogP contribution is -2.58. The van der Waals surface area contributed by atoms with Crippen LogP contribution in [-0.2, 0) is 9.53 Å². The topological polar surface area (TPSA) is 90.8 Å². The fraction of sp³-hybridized carbons (Fsp3) is 0.941. The Morgan fingerprint density at radius 2 is 2.12 bits per heavy atom. The third-order valence-corrected chi connectivity index (χ3v) is 6.41. The smallest absolute Gasteiger partial charge is 0.224 e. The van der Waals surface area contributed by atoms with E-state index in [4.69, 9.17) is 16.3 Å². The summed E-state index contributed by atoms with van der Waals surface area (Å²) in [5.41, 5.74) is -0.524. The molecule has 8 heteroatoms. The molecule has 1 amide bonds. The van der Waals surface area contributed by atoms with Crippen LogP contribution in [0.25, 0.3) is 0 Å². The molecule has 0 aromatic heterocycles. The number of hydrogen-bond acceptors (Lipinski definition) is 6. The molecule has 25 heavy (non-hydrogen) atoms. The number of rotatable bonds is 6. The van der Waals surface area contributed by atoms with Gasteiger partial charge in [0.15, 0.2) is 0 Å². The van der Waals surface area contributed by atoms with E-state index in [-0.39, 0.29) is 23.6 Å². The second kappa shape index (κ2) is 9.76. The van der Waals surface area contributed by atoms with Crippen LogP contribution in [0.3, 0.4) is 0 Å². The number of nitrogens with one attached hydrogen (secondary N) is 2. The monoisotopic (exact) mass is 394 g/mol. The maximum absolute atomic E-state index is 12.7. The van der Waals surface area contributed by atoms with Gasteiger partial charge in [0.05, 0.1) is 29.5 Å². The number of piperidine rings is 1. The minimum absolute atomic E-state index is 0.0203. The fourth-order valence-electron chi connectivity index (χ4n) is 3.62. The van der Waals surface area contributed by atoms with Crippen molar-refractivity contribution in [2.75, 3.05) is 19.3 Å². The molecule has 2 rings (SSSR count). The van der Waals surface area contributed by atoms with Gasteiger partial charge in [-0.1, -0.05) is 13.3 Å². The van der Waals surface area contributed by atoms with E-state index in [1.54, 1.807) is 0 Å². The Hall–Kier alpha value is -0.0500. The Morgan fingerprint density at radius 3 is 2.72 bits per heavy atom. The van der Waals surface area contributed by atoms with Crippen molar-refractivity contribution >= 4 is 29.3 Å². The number of aliphatic hydroxyl groups excluding tert-OH is 2. The molecular formula is C17H31ClN2O4S. The van der Waals surface area contributed by atoms with E-state index in [1.165, 1.54) is 11.8 Å². The first kappa shape index (κ1) is 21.3. The molecule has 8 atom stereocenters. The van der Waals surface area contributed by atoms with E-state index in [0.29, 0.717) is 12.5 Å². The summed E-state index contributed by atoms with van der Waals surface area (Å²) in [5.74, 6) is 0.417. The molecule has 2 saturated heterocycles. The quantitative estimate of drug-likeness (QED) is 0.501.